The van der Waals surface area contributed by atoms with Gasteiger partial charge in [0.05, 0.1) is 6.04 Å². The molecule has 2 fully saturated rings. The van der Waals surface area contributed by atoms with Gasteiger partial charge in [-0.2, -0.15) is 0 Å². The lowest BCUT2D eigenvalue weighted by atomic mass is 9.84. The third-order valence-corrected chi connectivity index (χ3v) is 4.44. The molecule has 0 N–H and O–H groups in total. The molecule has 0 radical (unpaired) electrons. The van der Waals surface area contributed by atoms with Crippen LogP contribution < -0.4 is 0 Å². The molecule has 3 rings (SSSR count). The predicted octanol–water partition coefficient (Wildman–Crippen LogP) is 3.24. The third kappa shape index (κ3) is 2.46. The first-order valence-electron chi connectivity index (χ1n) is 7.29. The lowest BCUT2D eigenvalue weighted by Gasteiger charge is -2.34. The molecular weight excluding hydrogens is 238 g/mol. The first-order chi connectivity index (χ1) is 9.28. The SMILES string of the molecule is CC[C@@H]1OC(=O)N2CCC(Cc3ccccc3)CC12. The van der Waals surface area contributed by atoms with Gasteiger partial charge in [0.2, 0.25) is 0 Å². The summed E-state index contributed by atoms with van der Waals surface area (Å²) in [5.41, 5.74) is 1.40. The van der Waals surface area contributed by atoms with E-state index in [9.17, 15) is 4.79 Å². The molecule has 0 bridgehead atoms. The fourth-order valence-electron chi connectivity index (χ4n) is 3.42. The Hall–Kier alpha value is -1.51. The van der Waals surface area contributed by atoms with E-state index in [0.717, 1.165) is 32.2 Å². The average Bonchev–Trinajstić information content (AvgIpc) is 2.76. The monoisotopic (exact) mass is 259 g/mol. The molecule has 19 heavy (non-hydrogen) atoms. The minimum atomic E-state index is -0.102. The first kappa shape index (κ1) is 12.5. The van der Waals surface area contributed by atoms with E-state index in [-0.39, 0.29) is 12.2 Å². The van der Waals surface area contributed by atoms with Crippen LogP contribution in [0.1, 0.15) is 31.7 Å². The van der Waals surface area contributed by atoms with Gasteiger partial charge in [0.25, 0.3) is 0 Å². The number of fused-ring (bicyclic) bond motifs is 1. The second-order valence-corrected chi connectivity index (χ2v) is 5.67. The molecule has 0 aliphatic carbocycles. The summed E-state index contributed by atoms with van der Waals surface area (Å²) < 4.78 is 5.44. The van der Waals surface area contributed by atoms with Crippen LogP contribution in [-0.2, 0) is 11.2 Å². The molecule has 1 amide bonds. The van der Waals surface area contributed by atoms with E-state index in [1.807, 2.05) is 4.90 Å². The van der Waals surface area contributed by atoms with Gasteiger partial charge in [0.1, 0.15) is 6.10 Å². The topological polar surface area (TPSA) is 29.5 Å². The summed E-state index contributed by atoms with van der Waals surface area (Å²) in [4.78, 5) is 13.7. The zero-order chi connectivity index (χ0) is 13.2. The van der Waals surface area contributed by atoms with Crippen molar-refractivity contribution < 1.29 is 9.53 Å². The van der Waals surface area contributed by atoms with Crippen LogP contribution >= 0.6 is 0 Å². The Bertz CT molecular complexity index is 445. The summed E-state index contributed by atoms with van der Waals surface area (Å²) in [6.45, 7) is 2.96. The smallest absolute Gasteiger partial charge is 0.410 e. The summed E-state index contributed by atoms with van der Waals surface area (Å²) in [6, 6.07) is 11.0. The highest BCUT2D eigenvalue weighted by Gasteiger charge is 2.44. The van der Waals surface area contributed by atoms with Crippen LogP contribution in [0.4, 0.5) is 4.79 Å². The van der Waals surface area contributed by atoms with E-state index in [4.69, 9.17) is 4.74 Å². The maximum Gasteiger partial charge on any atom is 0.410 e. The number of nitrogens with zero attached hydrogens (tertiary/aromatic N) is 1. The van der Waals surface area contributed by atoms with Crippen LogP contribution in [0, 0.1) is 5.92 Å². The molecule has 1 aromatic carbocycles. The van der Waals surface area contributed by atoms with Gasteiger partial charge in [-0.05, 0) is 37.2 Å². The molecule has 2 heterocycles. The van der Waals surface area contributed by atoms with Crippen molar-refractivity contribution in [3.05, 3.63) is 35.9 Å². The summed E-state index contributed by atoms with van der Waals surface area (Å²) in [5.74, 6) is 0.673. The predicted molar refractivity (Wildman–Crippen MR) is 73.9 cm³/mol. The Morgan fingerprint density at radius 2 is 2.11 bits per heavy atom. The Kier molecular flexibility index (Phi) is 3.45. The van der Waals surface area contributed by atoms with Gasteiger partial charge in [-0.1, -0.05) is 37.3 Å². The van der Waals surface area contributed by atoms with Crippen molar-refractivity contribution in [2.45, 2.75) is 44.8 Å². The number of hydrogen-bond acceptors (Lipinski definition) is 2. The zero-order valence-electron chi connectivity index (χ0n) is 11.4. The number of hydrogen-bond donors (Lipinski definition) is 0. The van der Waals surface area contributed by atoms with E-state index in [1.54, 1.807) is 0 Å². The van der Waals surface area contributed by atoms with Gasteiger partial charge in [-0.25, -0.2) is 4.79 Å². The number of carbonyl (C=O) groups is 1. The quantitative estimate of drug-likeness (QED) is 0.834. The average molecular weight is 259 g/mol. The van der Waals surface area contributed by atoms with Gasteiger partial charge in [0, 0.05) is 6.54 Å². The zero-order valence-corrected chi connectivity index (χ0v) is 11.4. The van der Waals surface area contributed by atoms with E-state index < -0.39 is 0 Å². The first-order valence-corrected chi connectivity index (χ1v) is 7.29. The van der Waals surface area contributed by atoms with E-state index >= 15 is 0 Å². The number of cyclic esters (lactones) is 1. The highest BCUT2D eigenvalue weighted by atomic mass is 16.6. The molecule has 3 heteroatoms. The van der Waals surface area contributed by atoms with Crippen molar-refractivity contribution in [2.75, 3.05) is 6.54 Å². The van der Waals surface area contributed by atoms with Crippen molar-refractivity contribution >= 4 is 6.09 Å². The van der Waals surface area contributed by atoms with Gasteiger partial charge < -0.3 is 9.64 Å². The van der Waals surface area contributed by atoms with Crippen molar-refractivity contribution in [1.82, 2.24) is 4.90 Å². The van der Waals surface area contributed by atoms with Crippen LogP contribution in [0.2, 0.25) is 0 Å². The maximum atomic E-state index is 11.7. The van der Waals surface area contributed by atoms with Gasteiger partial charge in [-0.15, -0.1) is 0 Å². The van der Waals surface area contributed by atoms with Crippen LogP contribution in [0.3, 0.4) is 0 Å². The van der Waals surface area contributed by atoms with Crippen LogP contribution in [0.15, 0.2) is 30.3 Å². The Labute approximate surface area is 114 Å². The molecule has 0 saturated carbocycles. The fourth-order valence-corrected chi connectivity index (χ4v) is 3.42. The molecule has 2 saturated heterocycles. The summed E-state index contributed by atoms with van der Waals surface area (Å²) >= 11 is 0. The van der Waals surface area contributed by atoms with Crippen molar-refractivity contribution in [1.29, 1.82) is 0 Å². The molecule has 0 spiro atoms. The summed E-state index contributed by atoms with van der Waals surface area (Å²) in [5, 5.41) is 0. The molecule has 102 valence electrons. The van der Waals surface area contributed by atoms with E-state index in [2.05, 4.69) is 37.3 Å². The Balaban J connectivity index is 1.66. The second kappa shape index (κ2) is 5.24. The maximum absolute atomic E-state index is 11.7. The Morgan fingerprint density at radius 1 is 1.32 bits per heavy atom. The minimum Gasteiger partial charge on any atom is -0.444 e. The molecule has 2 unspecified atom stereocenters. The summed E-state index contributed by atoms with van der Waals surface area (Å²) in [7, 11) is 0. The van der Waals surface area contributed by atoms with Gasteiger partial charge >= 0.3 is 6.09 Å². The largest absolute Gasteiger partial charge is 0.444 e. The highest BCUT2D eigenvalue weighted by Crippen LogP contribution is 2.34. The molecule has 2 aliphatic heterocycles. The van der Waals surface area contributed by atoms with Crippen molar-refractivity contribution in [2.24, 2.45) is 5.92 Å². The van der Waals surface area contributed by atoms with E-state index in [1.165, 1.54) is 5.56 Å². The second-order valence-electron chi connectivity index (χ2n) is 5.67. The fraction of sp³-hybridized carbons (Fsp3) is 0.562. The number of ether oxygens (including phenoxy) is 1. The van der Waals surface area contributed by atoms with Crippen LogP contribution in [0.5, 0.6) is 0 Å². The normalized spacial score (nSPS) is 30.1. The molecule has 2 aliphatic rings. The number of amides is 1. The lowest BCUT2D eigenvalue weighted by molar-refractivity contribution is 0.125. The van der Waals surface area contributed by atoms with Gasteiger partial charge in [0.15, 0.2) is 0 Å². The highest BCUT2D eigenvalue weighted by molar-refractivity contribution is 5.70. The standard InChI is InChI=1S/C16H21NO2/c1-2-15-14-11-13(8-9-17(14)16(18)19-15)10-12-6-4-3-5-7-12/h3-7,13-15H,2,8-11H2,1H3/t13?,14?,15-/m0/s1. The minimum absolute atomic E-state index is 0.102. The molecule has 3 nitrogen and oxygen atoms in total. The molecule has 3 atom stereocenters. The Morgan fingerprint density at radius 3 is 2.84 bits per heavy atom. The number of rotatable bonds is 3. The lowest BCUT2D eigenvalue weighted by Crippen LogP contribution is -2.43. The molecule has 0 aromatic heterocycles. The number of benzene rings is 1. The van der Waals surface area contributed by atoms with Gasteiger partial charge in [-0.3, -0.25) is 0 Å². The third-order valence-electron chi connectivity index (χ3n) is 4.44. The number of carbonyl (C=O) groups excluding carboxylic acids is 1. The summed E-state index contributed by atoms with van der Waals surface area (Å²) in [6.07, 6.45) is 4.22. The number of piperidine rings is 1. The van der Waals surface area contributed by atoms with Crippen LogP contribution in [0.25, 0.3) is 0 Å². The molecular formula is C16H21NO2. The van der Waals surface area contributed by atoms with Crippen LogP contribution in [-0.4, -0.2) is 29.7 Å². The molecule has 1 aromatic rings. The van der Waals surface area contributed by atoms with Crippen molar-refractivity contribution in [3.8, 4) is 0 Å². The van der Waals surface area contributed by atoms with E-state index in [0.29, 0.717) is 12.0 Å². The van der Waals surface area contributed by atoms with Crippen molar-refractivity contribution in [3.63, 3.8) is 0 Å².